The van der Waals surface area contributed by atoms with Gasteiger partial charge in [-0.3, -0.25) is 9.69 Å². The molecule has 0 saturated heterocycles. The molecule has 30 heavy (non-hydrogen) atoms. The minimum atomic E-state index is -0.499. The molecule has 0 aliphatic heterocycles. The highest BCUT2D eigenvalue weighted by molar-refractivity contribution is 7.98. The van der Waals surface area contributed by atoms with Gasteiger partial charge in [-0.2, -0.15) is 9.78 Å². The van der Waals surface area contributed by atoms with Crippen molar-refractivity contribution in [2.75, 3.05) is 25.1 Å². The molecular weight excluding hydrogens is 406 g/mol. The van der Waals surface area contributed by atoms with E-state index in [9.17, 15) is 4.79 Å². The van der Waals surface area contributed by atoms with Crippen LogP contribution in [0, 0.1) is 0 Å². The highest BCUT2D eigenvalue weighted by Crippen LogP contribution is 2.17. The maximum atomic E-state index is 12.9. The topological polar surface area (TPSA) is 140 Å². The number of hydrogen-bond donors (Lipinski definition) is 2. The highest BCUT2D eigenvalue weighted by Gasteiger charge is 2.25. The van der Waals surface area contributed by atoms with E-state index in [0.29, 0.717) is 12.2 Å². The fourth-order valence-electron chi connectivity index (χ4n) is 2.70. The second kappa shape index (κ2) is 9.98. The van der Waals surface area contributed by atoms with Crippen LogP contribution < -0.4 is 11.2 Å². The molecule has 2 aromatic heterocycles. The quantitative estimate of drug-likeness (QED) is 0.294. The first kappa shape index (κ1) is 21.5. The summed E-state index contributed by atoms with van der Waals surface area (Å²) in [5, 5.41) is 19.5. The van der Waals surface area contributed by atoms with Gasteiger partial charge < -0.3 is 5.73 Å². The summed E-state index contributed by atoms with van der Waals surface area (Å²) in [4.78, 5) is 16.2. The number of carbonyl (C=O) groups is 1. The summed E-state index contributed by atoms with van der Waals surface area (Å²) in [7, 11) is 0. The Balaban J connectivity index is 1.85. The van der Waals surface area contributed by atoms with Crippen molar-refractivity contribution >= 4 is 29.7 Å². The summed E-state index contributed by atoms with van der Waals surface area (Å²) in [6, 6.07) is 7.80. The molecule has 0 bridgehead atoms. The maximum Gasteiger partial charge on any atom is 0.292 e. The summed E-state index contributed by atoms with van der Waals surface area (Å²) in [5.74, 6) is -0.405. The van der Waals surface area contributed by atoms with Crippen LogP contribution in [0.15, 0.2) is 38.9 Å². The van der Waals surface area contributed by atoms with E-state index in [4.69, 9.17) is 5.73 Å². The van der Waals surface area contributed by atoms with Gasteiger partial charge in [0.05, 0.1) is 6.21 Å². The van der Waals surface area contributed by atoms with E-state index < -0.39 is 5.91 Å². The van der Waals surface area contributed by atoms with Crippen LogP contribution in [-0.4, -0.2) is 61.7 Å². The molecule has 158 valence electrons. The lowest BCUT2D eigenvalue weighted by Crippen LogP contribution is -2.27. The van der Waals surface area contributed by atoms with Gasteiger partial charge in [0.15, 0.2) is 5.69 Å². The van der Waals surface area contributed by atoms with E-state index in [0.717, 1.165) is 23.5 Å². The zero-order valence-corrected chi connectivity index (χ0v) is 17.8. The zero-order valence-electron chi connectivity index (χ0n) is 16.9. The average Bonchev–Trinajstić information content (AvgIpc) is 3.37. The number of hydrazone groups is 1. The number of benzene rings is 1. The molecule has 1 aromatic carbocycles. The Bertz CT molecular complexity index is 1010. The van der Waals surface area contributed by atoms with Gasteiger partial charge in [-0.05, 0) is 47.4 Å². The molecule has 0 aliphatic rings. The highest BCUT2D eigenvalue weighted by atomic mass is 32.2. The standard InChI is InChI=1S/C18H23N9O2S/c1-4-26(5-2)11-14-15(27(25-21-14)17-16(19)23-29-24-17)18(28)22-20-10-12-6-8-13(30-3)9-7-12/h6-10H,4-5,11H2,1-3H3,(H2,19,23)(H,22,28)/b20-10-. The van der Waals surface area contributed by atoms with Crippen molar-refractivity contribution in [3.8, 4) is 5.82 Å². The second-order valence-electron chi connectivity index (χ2n) is 6.20. The van der Waals surface area contributed by atoms with Crippen molar-refractivity contribution in [1.29, 1.82) is 0 Å². The first-order chi connectivity index (χ1) is 14.6. The van der Waals surface area contributed by atoms with Crippen LogP contribution in [0.3, 0.4) is 0 Å². The first-order valence-corrected chi connectivity index (χ1v) is 10.5. The molecule has 2 heterocycles. The third-order valence-corrected chi connectivity index (χ3v) is 5.16. The Morgan fingerprint density at radius 3 is 2.63 bits per heavy atom. The normalized spacial score (nSPS) is 11.5. The van der Waals surface area contributed by atoms with Gasteiger partial charge in [0.2, 0.25) is 11.6 Å². The van der Waals surface area contributed by atoms with Crippen molar-refractivity contribution in [3.63, 3.8) is 0 Å². The molecule has 0 radical (unpaired) electrons. The number of thioether (sulfide) groups is 1. The van der Waals surface area contributed by atoms with Crippen molar-refractivity contribution in [1.82, 2.24) is 35.6 Å². The first-order valence-electron chi connectivity index (χ1n) is 9.30. The monoisotopic (exact) mass is 429 g/mol. The van der Waals surface area contributed by atoms with E-state index in [2.05, 4.69) is 40.7 Å². The number of nitrogens with zero attached hydrogens (tertiary/aromatic N) is 7. The number of hydrogen-bond acceptors (Lipinski definition) is 10. The fraction of sp³-hybridized carbons (Fsp3) is 0.333. The lowest BCUT2D eigenvalue weighted by Gasteiger charge is -2.16. The Kier molecular flexibility index (Phi) is 7.14. The van der Waals surface area contributed by atoms with Crippen LogP contribution in [0.5, 0.6) is 0 Å². The predicted molar refractivity (Wildman–Crippen MR) is 114 cm³/mol. The third-order valence-electron chi connectivity index (χ3n) is 4.41. The molecule has 12 heteroatoms. The molecule has 3 rings (SSSR count). The minimum absolute atomic E-state index is 0.000671. The largest absolute Gasteiger partial charge is 0.378 e. The molecule has 0 unspecified atom stereocenters. The van der Waals surface area contributed by atoms with E-state index in [1.54, 1.807) is 18.0 Å². The molecule has 0 atom stereocenters. The second-order valence-corrected chi connectivity index (χ2v) is 7.08. The third kappa shape index (κ3) is 4.83. The SMILES string of the molecule is CCN(CC)Cc1nnn(-c2nonc2N)c1C(=O)N/N=C\c1ccc(SC)cc1. The number of aromatic nitrogens is 5. The van der Waals surface area contributed by atoms with Crippen LogP contribution in [0.25, 0.3) is 5.82 Å². The molecule has 0 saturated carbocycles. The van der Waals surface area contributed by atoms with Gasteiger partial charge in [-0.25, -0.2) is 10.1 Å². The predicted octanol–water partition coefficient (Wildman–Crippen LogP) is 1.56. The van der Waals surface area contributed by atoms with E-state index in [-0.39, 0.29) is 17.3 Å². The maximum absolute atomic E-state index is 12.9. The Morgan fingerprint density at radius 1 is 1.30 bits per heavy atom. The van der Waals surface area contributed by atoms with Gasteiger partial charge in [0, 0.05) is 11.4 Å². The summed E-state index contributed by atoms with van der Waals surface area (Å²) >= 11 is 1.65. The number of nitrogens with one attached hydrogen (secondary N) is 1. The van der Waals surface area contributed by atoms with Crippen LogP contribution >= 0.6 is 11.8 Å². The lowest BCUT2D eigenvalue weighted by atomic mass is 10.2. The van der Waals surface area contributed by atoms with Crippen LogP contribution in [-0.2, 0) is 6.54 Å². The Labute approximate surface area is 177 Å². The van der Waals surface area contributed by atoms with Crippen LogP contribution in [0.2, 0.25) is 0 Å². The van der Waals surface area contributed by atoms with Crippen molar-refractivity contribution < 1.29 is 9.42 Å². The number of anilines is 1. The summed E-state index contributed by atoms with van der Waals surface area (Å²) in [6.07, 6.45) is 3.57. The number of nitrogens with two attached hydrogens (primary N) is 1. The van der Waals surface area contributed by atoms with Crippen LogP contribution in [0.1, 0.15) is 35.6 Å². The molecule has 0 spiro atoms. The zero-order chi connectivity index (χ0) is 21.5. The van der Waals surface area contributed by atoms with Crippen molar-refractivity contribution in [2.45, 2.75) is 25.3 Å². The van der Waals surface area contributed by atoms with Gasteiger partial charge in [-0.15, -0.1) is 16.9 Å². The van der Waals surface area contributed by atoms with E-state index >= 15 is 0 Å². The molecule has 3 N–H and O–H groups in total. The minimum Gasteiger partial charge on any atom is -0.378 e. The Morgan fingerprint density at radius 2 is 2.03 bits per heavy atom. The number of carbonyl (C=O) groups excluding carboxylic acids is 1. The average molecular weight is 430 g/mol. The van der Waals surface area contributed by atoms with E-state index in [1.165, 1.54) is 4.68 Å². The molecule has 0 aliphatic carbocycles. The van der Waals surface area contributed by atoms with Crippen LogP contribution in [0.4, 0.5) is 5.82 Å². The summed E-state index contributed by atoms with van der Waals surface area (Å²) < 4.78 is 5.85. The van der Waals surface area contributed by atoms with Crippen molar-refractivity contribution in [2.24, 2.45) is 5.10 Å². The fourth-order valence-corrected chi connectivity index (χ4v) is 3.11. The number of rotatable bonds is 9. The Hall–Kier alpha value is -3.25. The lowest BCUT2D eigenvalue weighted by molar-refractivity contribution is 0.0945. The molecule has 11 nitrogen and oxygen atoms in total. The molecule has 0 fully saturated rings. The molecular formula is C18H23N9O2S. The summed E-state index contributed by atoms with van der Waals surface area (Å²) in [6.45, 7) is 6.07. The summed E-state index contributed by atoms with van der Waals surface area (Å²) in [5.41, 5.74) is 9.79. The molecule has 1 amide bonds. The van der Waals surface area contributed by atoms with Gasteiger partial charge in [0.1, 0.15) is 5.69 Å². The van der Waals surface area contributed by atoms with E-state index in [1.807, 2.05) is 44.4 Å². The van der Waals surface area contributed by atoms with Crippen molar-refractivity contribution in [3.05, 3.63) is 41.2 Å². The van der Waals surface area contributed by atoms with Gasteiger partial charge >= 0.3 is 0 Å². The van der Waals surface area contributed by atoms with Gasteiger partial charge in [0.25, 0.3) is 5.91 Å². The smallest absolute Gasteiger partial charge is 0.292 e. The number of nitrogen functional groups attached to an aromatic ring is 1. The number of amides is 1. The molecule has 3 aromatic rings. The van der Waals surface area contributed by atoms with Gasteiger partial charge in [-0.1, -0.05) is 31.2 Å².